The number of aryl methyl sites for hydroxylation is 1. The Bertz CT molecular complexity index is 733. The SMILES string of the molecule is CN=C(NCCn1cc(C)cn1)N1CCC(N(CC2CC2)C(=O)OC(C)(C)C)CC1.I. The zero-order valence-electron chi connectivity index (χ0n) is 19.6. The summed E-state index contributed by atoms with van der Waals surface area (Å²) in [5.74, 6) is 1.57. The van der Waals surface area contributed by atoms with Gasteiger partial charge in [-0.05, 0) is 64.9 Å². The summed E-state index contributed by atoms with van der Waals surface area (Å²) in [7, 11) is 1.83. The molecular formula is C22H39IN6O2. The Hall–Kier alpha value is -1.52. The quantitative estimate of drug-likeness (QED) is 0.336. The van der Waals surface area contributed by atoms with E-state index in [2.05, 4.69) is 20.3 Å². The molecule has 0 spiro atoms. The van der Waals surface area contributed by atoms with E-state index in [0.29, 0.717) is 5.92 Å². The third-order valence-corrected chi connectivity index (χ3v) is 5.58. The van der Waals surface area contributed by atoms with E-state index in [9.17, 15) is 4.79 Å². The lowest BCUT2D eigenvalue weighted by atomic mass is 10.0. The fourth-order valence-electron chi connectivity index (χ4n) is 3.86. The van der Waals surface area contributed by atoms with Gasteiger partial charge in [0.1, 0.15) is 5.60 Å². The normalized spacial score (nSPS) is 17.8. The lowest BCUT2D eigenvalue weighted by Gasteiger charge is -2.40. The summed E-state index contributed by atoms with van der Waals surface area (Å²) in [5.41, 5.74) is 0.709. The molecule has 2 aliphatic rings. The number of rotatable bonds is 6. The van der Waals surface area contributed by atoms with Crippen LogP contribution in [0.1, 0.15) is 52.0 Å². The van der Waals surface area contributed by atoms with Crippen molar-refractivity contribution in [1.29, 1.82) is 0 Å². The zero-order valence-corrected chi connectivity index (χ0v) is 22.0. The van der Waals surface area contributed by atoms with Crippen LogP contribution in [0.25, 0.3) is 0 Å². The van der Waals surface area contributed by atoms with Gasteiger partial charge in [-0.2, -0.15) is 5.10 Å². The number of nitrogens with zero attached hydrogens (tertiary/aromatic N) is 5. The summed E-state index contributed by atoms with van der Waals surface area (Å²) in [6.07, 6.45) is 8.08. The summed E-state index contributed by atoms with van der Waals surface area (Å²) in [6.45, 7) is 12.0. The Labute approximate surface area is 203 Å². The molecule has 1 saturated carbocycles. The number of hydrogen-bond acceptors (Lipinski definition) is 4. The van der Waals surface area contributed by atoms with Crippen molar-refractivity contribution < 1.29 is 9.53 Å². The number of aromatic nitrogens is 2. The van der Waals surface area contributed by atoms with Gasteiger partial charge >= 0.3 is 6.09 Å². The number of piperidine rings is 1. The fourth-order valence-corrected chi connectivity index (χ4v) is 3.86. The van der Waals surface area contributed by atoms with Gasteiger partial charge in [0.2, 0.25) is 0 Å². The molecule has 31 heavy (non-hydrogen) atoms. The first-order valence-electron chi connectivity index (χ1n) is 11.2. The molecule has 3 rings (SSSR count). The number of carbonyl (C=O) groups is 1. The smallest absolute Gasteiger partial charge is 0.410 e. The van der Waals surface area contributed by atoms with Gasteiger partial charge in [0, 0.05) is 45.5 Å². The van der Waals surface area contributed by atoms with E-state index >= 15 is 0 Å². The molecule has 0 bridgehead atoms. The summed E-state index contributed by atoms with van der Waals surface area (Å²) in [6, 6.07) is 0.238. The van der Waals surface area contributed by atoms with Gasteiger partial charge < -0.3 is 19.9 Å². The number of halogens is 1. The molecule has 2 fully saturated rings. The predicted octanol–water partition coefficient (Wildman–Crippen LogP) is 3.50. The molecule has 1 amide bonds. The second kappa shape index (κ2) is 11.4. The molecule has 1 aromatic rings. The Balaban J connectivity index is 0.00000341. The molecule has 1 aliphatic carbocycles. The van der Waals surface area contributed by atoms with Crippen molar-refractivity contribution in [3.05, 3.63) is 18.0 Å². The highest BCUT2D eigenvalue weighted by molar-refractivity contribution is 14.0. The average molecular weight is 546 g/mol. The van der Waals surface area contributed by atoms with Gasteiger partial charge in [0.15, 0.2) is 5.96 Å². The highest BCUT2D eigenvalue weighted by Crippen LogP contribution is 2.32. The fraction of sp³-hybridized carbons (Fsp3) is 0.773. The topological polar surface area (TPSA) is 75.0 Å². The van der Waals surface area contributed by atoms with Gasteiger partial charge in [-0.15, -0.1) is 24.0 Å². The molecule has 0 radical (unpaired) electrons. The van der Waals surface area contributed by atoms with Crippen LogP contribution in [0.15, 0.2) is 17.4 Å². The van der Waals surface area contributed by atoms with Gasteiger partial charge in [0.05, 0.1) is 12.7 Å². The van der Waals surface area contributed by atoms with E-state index in [4.69, 9.17) is 4.74 Å². The highest BCUT2D eigenvalue weighted by atomic mass is 127. The highest BCUT2D eigenvalue weighted by Gasteiger charge is 2.35. The number of ether oxygens (including phenoxy) is 1. The number of hydrogen-bond donors (Lipinski definition) is 1. The molecule has 1 saturated heterocycles. The number of amides is 1. The van der Waals surface area contributed by atoms with Crippen molar-refractivity contribution >= 4 is 36.0 Å². The van der Waals surface area contributed by atoms with E-state index in [1.165, 1.54) is 18.4 Å². The minimum atomic E-state index is -0.460. The molecule has 8 nitrogen and oxygen atoms in total. The van der Waals surface area contributed by atoms with E-state index in [0.717, 1.165) is 51.5 Å². The van der Waals surface area contributed by atoms with Crippen LogP contribution < -0.4 is 5.32 Å². The van der Waals surface area contributed by atoms with E-state index < -0.39 is 5.60 Å². The van der Waals surface area contributed by atoms with Crippen molar-refractivity contribution in [3.63, 3.8) is 0 Å². The molecule has 0 aromatic carbocycles. The zero-order chi connectivity index (χ0) is 21.7. The maximum Gasteiger partial charge on any atom is 0.410 e. The van der Waals surface area contributed by atoms with Crippen LogP contribution in [-0.2, 0) is 11.3 Å². The summed E-state index contributed by atoms with van der Waals surface area (Å²) >= 11 is 0. The number of aliphatic imine (C=N–C) groups is 1. The van der Waals surface area contributed by atoms with E-state index in [-0.39, 0.29) is 36.1 Å². The van der Waals surface area contributed by atoms with Crippen LogP contribution in [0.4, 0.5) is 4.79 Å². The molecule has 1 aromatic heterocycles. The first-order chi connectivity index (χ1) is 14.2. The molecule has 176 valence electrons. The van der Waals surface area contributed by atoms with Gasteiger partial charge in [-0.25, -0.2) is 4.79 Å². The molecular weight excluding hydrogens is 507 g/mol. The van der Waals surface area contributed by atoms with Gasteiger partial charge in [-0.1, -0.05) is 0 Å². The molecule has 0 unspecified atom stereocenters. The van der Waals surface area contributed by atoms with Gasteiger partial charge in [0.25, 0.3) is 0 Å². The van der Waals surface area contributed by atoms with E-state index in [1.54, 1.807) is 0 Å². The Morgan fingerprint density at radius 3 is 2.48 bits per heavy atom. The third kappa shape index (κ3) is 8.16. The minimum absolute atomic E-state index is 0. The molecule has 1 aliphatic heterocycles. The molecule has 9 heteroatoms. The maximum atomic E-state index is 12.8. The Morgan fingerprint density at radius 2 is 1.97 bits per heavy atom. The number of carbonyl (C=O) groups excluding carboxylic acids is 1. The van der Waals surface area contributed by atoms with Crippen LogP contribution in [0.5, 0.6) is 0 Å². The number of nitrogens with one attached hydrogen (secondary N) is 1. The lowest BCUT2D eigenvalue weighted by Crippen LogP contribution is -2.52. The Morgan fingerprint density at radius 1 is 1.29 bits per heavy atom. The summed E-state index contributed by atoms with van der Waals surface area (Å²) in [4.78, 5) is 21.6. The largest absolute Gasteiger partial charge is 0.444 e. The maximum absolute atomic E-state index is 12.8. The van der Waals surface area contributed by atoms with Crippen LogP contribution in [0, 0.1) is 12.8 Å². The second-order valence-corrected chi connectivity index (χ2v) is 9.55. The minimum Gasteiger partial charge on any atom is -0.444 e. The van der Waals surface area contributed by atoms with Crippen LogP contribution in [0.3, 0.4) is 0 Å². The van der Waals surface area contributed by atoms with Crippen LogP contribution in [0.2, 0.25) is 0 Å². The first kappa shape index (κ1) is 25.7. The van der Waals surface area contributed by atoms with E-state index in [1.807, 2.05) is 56.7 Å². The average Bonchev–Trinajstić information content (AvgIpc) is 3.42. The monoisotopic (exact) mass is 546 g/mol. The molecule has 0 atom stereocenters. The predicted molar refractivity (Wildman–Crippen MR) is 134 cm³/mol. The van der Waals surface area contributed by atoms with Crippen molar-refractivity contribution in [1.82, 2.24) is 24.9 Å². The third-order valence-electron chi connectivity index (χ3n) is 5.58. The summed E-state index contributed by atoms with van der Waals surface area (Å²) in [5, 5.41) is 7.77. The number of likely N-dealkylation sites (tertiary alicyclic amines) is 1. The van der Waals surface area contributed by atoms with Crippen LogP contribution in [-0.4, -0.2) is 76.5 Å². The van der Waals surface area contributed by atoms with Crippen molar-refractivity contribution in [3.8, 4) is 0 Å². The number of guanidine groups is 1. The van der Waals surface area contributed by atoms with Crippen molar-refractivity contribution in [2.75, 3.05) is 33.2 Å². The lowest BCUT2D eigenvalue weighted by molar-refractivity contribution is 0.00928. The summed E-state index contributed by atoms with van der Waals surface area (Å²) < 4.78 is 7.65. The standard InChI is InChI=1S/C22H38N6O2.HI/c1-17-14-25-27(15-17)13-10-24-20(23-5)26-11-8-19(9-12-26)28(16-18-6-7-18)21(29)30-22(2,3)4;/h14-15,18-19H,6-13,16H2,1-5H3,(H,23,24);1H. The second-order valence-electron chi connectivity index (χ2n) is 9.55. The van der Waals surface area contributed by atoms with Crippen LogP contribution >= 0.6 is 24.0 Å². The molecule has 2 heterocycles. The molecule has 1 N–H and O–H groups in total. The van der Waals surface area contributed by atoms with Gasteiger partial charge in [-0.3, -0.25) is 9.67 Å². The Kier molecular flexibility index (Phi) is 9.45. The van der Waals surface area contributed by atoms with Crippen molar-refractivity contribution in [2.24, 2.45) is 10.9 Å². The first-order valence-corrected chi connectivity index (χ1v) is 11.2. The van der Waals surface area contributed by atoms with Crippen molar-refractivity contribution in [2.45, 2.75) is 71.6 Å².